The number of nitrogens with zero attached hydrogens (tertiary/aromatic N) is 1. The highest BCUT2D eigenvalue weighted by atomic mass is 15.2. The molecule has 84 valence electrons. The van der Waals surface area contributed by atoms with Gasteiger partial charge in [-0.15, -0.1) is 0 Å². The standard InChI is InChI=1S/C12H26N2/c1-4-12(5-2)10-14(11-12)9-7-8-13-6-3/h13H,4-11H2,1-3H3. The van der Waals surface area contributed by atoms with Crippen molar-refractivity contribution in [2.75, 3.05) is 32.7 Å². The van der Waals surface area contributed by atoms with Crippen LogP contribution in [0.15, 0.2) is 0 Å². The zero-order valence-electron chi connectivity index (χ0n) is 10.1. The summed E-state index contributed by atoms with van der Waals surface area (Å²) in [6.07, 6.45) is 4.01. The van der Waals surface area contributed by atoms with E-state index in [1.54, 1.807) is 0 Å². The van der Waals surface area contributed by atoms with Crippen molar-refractivity contribution in [2.24, 2.45) is 5.41 Å². The third-order valence-corrected chi connectivity index (χ3v) is 3.70. The van der Waals surface area contributed by atoms with Gasteiger partial charge in [0.2, 0.25) is 0 Å². The fourth-order valence-corrected chi connectivity index (χ4v) is 2.36. The lowest BCUT2D eigenvalue weighted by Gasteiger charge is -2.50. The SMILES string of the molecule is CCNCCCN1CC(CC)(CC)C1. The third kappa shape index (κ3) is 2.96. The topological polar surface area (TPSA) is 15.3 Å². The van der Waals surface area contributed by atoms with E-state index < -0.39 is 0 Å². The molecule has 0 radical (unpaired) electrons. The number of hydrogen-bond acceptors (Lipinski definition) is 2. The molecule has 2 heteroatoms. The summed E-state index contributed by atoms with van der Waals surface area (Å²) in [6, 6.07) is 0. The predicted octanol–water partition coefficient (Wildman–Crippen LogP) is 2.11. The van der Waals surface area contributed by atoms with Gasteiger partial charge >= 0.3 is 0 Å². The second-order valence-corrected chi connectivity index (χ2v) is 4.62. The Kier molecular flexibility index (Phi) is 4.90. The van der Waals surface area contributed by atoms with Crippen molar-refractivity contribution in [3.63, 3.8) is 0 Å². The smallest absolute Gasteiger partial charge is 0.00503 e. The lowest BCUT2D eigenvalue weighted by atomic mass is 9.75. The monoisotopic (exact) mass is 198 g/mol. The van der Waals surface area contributed by atoms with E-state index in [0.717, 1.165) is 6.54 Å². The van der Waals surface area contributed by atoms with Crippen molar-refractivity contribution >= 4 is 0 Å². The Morgan fingerprint density at radius 1 is 1.14 bits per heavy atom. The largest absolute Gasteiger partial charge is 0.317 e. The third-order valence-electron chi connectivity index (χ3n) is 3.70. The lowest BCUT2D eigenvalue weighted by Crippen LogP contribution is -2.55. The molecule has 0 aromatic carbocycles. The zero-order chi connectivity index (χ0) is 10.4. The fraction of sp³-hybridized carbons (Fsp3) is 1.00. The van der Waals surface area contributed by atoms with Gasteiger partial charge in [0.25, 0.3) is 0 Å². The van der Waals surface area contributed by atoms with E-state index in [-0.39, 0.29) is 0 Å². The zero-order valence-corrected chi connectivity index (χ0v) is 10.1. The van der Waals surface area contributed by atoms with Crippen LogP contribution >= 0.6 is 0 Å². The van der Waals surface area contributed by atoms with Gasteiger partial charge in [-0.3, -0.25) is 0 Å². The molecule has 0 unspecified atom stereocenters. The van der Waals surface area contributed by atoms with Gasteiger partial charge in [-0.25, -0.2) is 0 Å². The van der Waals surface area contributed by atoms with E-state index in [9.17, 15) is 0 Å². The molecule has 1 N–H and O–H groups in total. The molecule has 1 aliphatic rings. The van der Waals surface area contributed by atoms with E-state index in [1.165, 1.54) is 45.4 Å². The summed E-state index contributed by atoms with van der Waals surface area (Å²) in [5, 5.41) is 3.37. The first-order valence-corrected chi connectivity index (χ1v) is 6.19. The fourth-order valence-electron chi connectivity index (χ4n) is 2.36. The Bertz CT molecular complexity index is 144. The van der Waals surface area contributed by atoms with Crippen LogP contribution in [0.25, 0.3) is 0 Å². The first-order chi connectivity index (χ1) is 6.76. The van der Waals surface area contributed by atoms with Crippen molar-refractivity contribution in [1.29, 1.82) is 0 Å². The minimum absolute atomic E-state index is 0.679. The number of likely N-dealkylation sites (tertiary alicyclic amines) is 1. The number of rotatable bonds is 7. The summed E-state index contributed by atoms with van der Waals surface area (Å²) in [7, 11) is 0. The maximum absolute atomic E-state index is 3.37. The Morgan fingerprint density at radius 2 is 1.79 bits per heavy atom. The molecule has 1 rings (SSSR count). The molecule has 1 fully saturated rings. The van der Waals surface area contributed by atoms with E-state index in [1.807, 2.05) is 0 Å². The van der Waals surface area contributed by atoms with Crippen LogP contribution in [0, 0.1) is 5.41 Å². The van der Waals surface area contributed by atoms with E-state index in [0.29, 0.717) is 5.41 Å². The van der Waals surface area contributed by atoms with E-state index in [4.69, 9.17) is 0 Å². The normalized spacial score (nSPS) is 20.8. The maximum Gasteiger partial charge on any atom is 0.00503 e. The molecule has 0 amide bonds. The van der Waals surface area contributed by atoms with Gasteiger partial charge in [0.1, 0.15) is 0 Å². The lowest BCUT2D eigenvalue weighted by molar-refractivity contribution is -0.00618. The highest BCUT2D eigenvalue weighted by molar-refractivity contribution is 4.92. The molecule has 0 saturated carbocycles. The van der Waals surface area contributed by atoms with Crippen LogP contribution in [0.3, 0.4) is 0 Å². The summed E-state index contributed by atoms with van der Waals surface area (Å²) in [5.74, 6) is 0. The van der Waals surface area contributed by atoms with Gasteiger partial charge < -0.3 is 10.2 Å². The number of hydrogen-bond donors (Lipinski definition) is 1. The van der Waals surface area contributed by atoms with Gasteiger partial charge in [-0.05, 0) is 44.3 Å². The van der Waals surface area contributed by atoms with Crippen LogP contribution < -0.4 is 5.32 Å². The molecule has 14 heavy (non-hydrogen) atoms. The number of nitrogens with one attached hydrogen (secondary N) is 1. The molecule has 1 aliphatic heterocycles. The van der Waals surface area contributed by atoms with Crippen molar-refractivity contribution in [2.45, 2.75) is 40.0 Å². The summed E-state index contributed by atoms with van der Waals surface area (Å²) < 4.78 is 0. The van der Waals surface area contributed by atoms with E-state index in [2.05, 4.69) is 31.0 Å². The van der Waals surface area contributed by atoms with Crippen LogP contribution in [0.1, 0.15) is 40.0 Å². The molecule has 0 atom stereocenters. The predicted molar refractivity (Wildman–Crippen MR) is 62.6 cm³/mol. The Morgan fingerprint density at radius 3 is 2.29 bits per heavy atom. The summed E-state index contributed by atoms with van der Waals surface area (Å²) in [5.41, 5.74) is 0.679. The van der Waals surface area contributed by atoms with Gasteiger partial charge in [-0.1, -0.05) is 20.8 Å². The molecular formula is C12H26N2. The Balaban J connectivity index is 2.03. The van der Waals surface area contributed by atoms with Crippen LogP contribution in [0.2, 0.25) is 0 Å². The maximum atomic E-state index is 3.37. The van der Waals surface area contributed by atoms with Gasteiger partial charge in [0.15, 0.2) is 0 Å². The first kappa shape index (κ1) is 12.0. The quantitative estimate of drug-likeness (QED) is 0.630. The molecule has 0 bridgehead atoms. The minimum atomic E-state index is 0.679. The van der Waals surface area contributed by atoms with Crippen molar-refractivity contribution in [1.82, 2.24) is 10.2 Å². The van der Waals surface area contributed by atoms with Gasteiger partial charge in [0.05, 0.1) is 0 Å². The van der Waals surface area contributed by atoms with Crippen molar-refractivity contribution < 1.29 is 0 Å². The molecule has 2 nitrogen and oxygen atoms in total. The average molecular weight is 198 g/mol. The molecule has 1 saturated heterocycles. The van der Waals surface area contributed by atoms with Crippen molar-refractivity contribution in [3.8, 4) is 0 Å². The van der Waals surface area contributed by atoms with Crippen LogP contribution in [-0.4, -0.2) is 37.6 Å². The molecule has 0 spiro atoms. The van der Waals surface area contributed by atoms with Crippen molar-refractivity contribution in [3.05, 3.63) is 0 Å². The molecule has 0 aliphatic carbocycles. The van der Waals surface area contributed by atoms with E-state index >= 15 is 0 Å². The van der Waals surface area contributed by atoms with Gasteiger partial charge in [0, 0.05) is 13.1 Å². The van der Waals surface area contributed by atoms with Crippen LogP contribution in [0.4, 0.5) is 0 Å². The van der Waals surface area contributed by atoms with Gasteiger partial charge in [-0.2, -0.15) is 0 Å². The van der Waals surface area contributed by atoms with Crippen LogP contribution in [-0.2, 0) is 0 Å². The summed E-state index contributed by atoms with van der Waals surface area (Å²) in [4.78, 5) is 2.60. The first-order valence-electron chi connectivity index (χ1n) is 6.19. The second-order valence-electron chi connectivity index (χ2n) is 4.62. The highest BCUT2D eigenvalue weighted by Crippen LogP contribution is 2.36. The Labute approximate surface area is 89.1 Å². The molecular weight excluding hydrogens is 172 g/mol. The Hall–Kier alpha value is -0.0800. The van der Waals surface area contributed by atoms with Crippen LogP contribution in [0.5, 0.6) is 0 Å². The molecule has 1 heterocycles. The summed E-state index contributed by atoms with van der Waals surface area (Å²) >= 11 is 0. The highest BCUT2D eigenvalue weighted by Gasteiger charge is 2.38. The summed E-state index contributed by atoms with van der Waals surface area (Å²) in [6.45, 7) is 13.1. The molecule has 0 aromatic heterocycles. The average Bonchev–Trinajstić information content (AvgIpc) is 2.16. The second kappa shape index (κ2) is 5.72. The molecule has 0 aromatic rings. The minimum Gasteiger partial charge on any atom is -0.317 e.